The van der Waals surface area contributed by atoms with Gasteiger partial charge in [0.2, 0.25) is 0 Å². The molecule has 1 fully saturated rings. The van der Waals surface area contributed by atoms with Gasteiger partial charge in [-0.2, -0.15) is 0 Å². The third kappa shape index (κ3) is 6.19. The van der Waals surface area contributed by atoms with Crippen LogP contribution in [0.3, 0.4) is 0 Å². The molecule has 0 bridgehead atoms. The number of ether oxygens (including phenoxy) is 2. The monoisotopic (exact) mass is 425 g/mol. The van der Waals surface area contributed by atoms with E-state index in [0.717, 1.165) is 61.2 Å². The molecule has 26 heavy (non-hydrogen) atoms. The predicted molar refractivity (Wildman–Crippen MR) is 109 cm³/mol. The van der Waals surface area contributed by atoms with Gasteiger partial charge in [-0.15, -0.1) is 0 Å². The fraction of sp³-hybridized carbons (Fsp3) is 0.667. The van der Waals surface area contributed by atoms with Gasteiger partial charge in [0, 0.05) is 23.1 Å². The number of benzene rings is 1. The summed E-state index contributed by atoms with van der Waals surface area (Å²) < 4.78 is 12.5. The molecule has 1 aliphatic rings. The molecule has 0 unspecified atom stereocenters. The van der Waals surface area contributed by atoms with Gasteiger partial charge in [-0.3, -0.25) is 0 Å². The maximum Gasteiger partial charge on any atom is 0.410 e. The molecule has 0 spiro atoms. The van der Waals surface area contributed by atoms with Gasteiger partial charge >= 0.3 is 6.09 Å². The summed E-state index contributed by atoms with van der Waals surface area (Å²) in [7, 11) is 0. The summed E-state index contributed by atoms with van der Waals surface area (Å²) in [6.07, 6.45) is 3.98. The number of carbonyl (C=O) groups is 1. The maximum absolute atomic E-state index is 12.2. The Labute approximate surface area is 166 Å². The second kappa shape index (κ2) is 8.64. The van der Waals surface area contributed by atoms with E-state index in [-0.39, 0.29) is 11.5 Å². The van der Waals surface area contributed by atoms with Crippen molar-refractivity contribution in [1.82, 2.24) is 4.90 Å². The summed E-state index contributed by atoms with van der Waals surface area (Å²) in [5.41, 5.74) is 0.984. The minimum Gasteiger partial charge on any atom is -0.493 e. The van der Waals surface area contributed by atoms with E-state index in [0.29, 0.717) is 0 Å². The molecule has 1 aliphatic heterocycles. The molecule has 0 aliphatic carbocycles. The highest BCUT2D eigenvalue weighted by atomic mass is 79.9. The van der Waals surface area contributed by atoms with Crippen LogP contribution in [0.15, 0.2) is 22.7 Å². The first kappa shape index (κ1) is 21.1. The number of piperidine rings is 1. The van der Waals surface area contributed by atoms with E-state index in [1.165, 1.54) is 0 Å². The van der Waals surface area contributed by atoms with Gasteiger partial charge in [0.25, 0.3) is 0 Å². The fourth-order valence-electron chi connectivity index (χ4n) is 3.23. The number of hydrogen-bond donors (Lipinski definition) is 0. The molecule has 1 heterocycles. The normalized spacial score (nSPS) is 17.1. The summed E-state index contributed by atoms with van der Waals surface area (Å²) in [4.78, 5) is 14.0. The Morgan fingerprint density at radius 3 is 2.54 bits per heavy atom. The van der Waals surface area contributed by atoms with Crippen molar-refractivity contribution in [1.29, 1.82) is 0 Å². The highest BCUT2D eigenvalue weighted by Crippen LogP contribution is 2.36. The standard InChI is InChI=1S/C21H32BrNO3/c1-16-17(22)8-6-9-18(16)25-15-7-10-21(5)11-13-23(14-12-21)19(24)26-20(2,3)4/h6,8-9H,7,10-15H2,1-5H3. The van der Waals surface area contributed by atoms with Gasteiger partial charge in [0.05, 0.1) is 6.61 Å². The summed E-state index contributed by atoms with van der Waals surface area (Å²) in [5, 5.41) is 0. The molecule has 146 valence electrons. The van der Waals surface area contributed by atoms with Gasteiger partial charge in [-0.05, 0) is 70.9 Å². The highest BCUT2D eigenvalue weighted by Gasteiger charge is 2.33. The first-order valence-electron chi connectivity index (χ1n) is 9.45. The highest BCUT2D eigenvalue weighted by molar-refractivity contribution is 9.10. The van der Waals surface area contributed by atoms with Crippen molar-refractivity contribution in [2.24, 2.45) is 5.41 Å². The van der Waals surface area contributed by atoms with Crippen LogP contribution in [-0.4, -0.2) is 36.3 Å². The van der Waals surface area contributed by atoms with Crippen LogP contribution < -0.4 is 4.74 Å². The van der Waals surface area contributed by atoms with E-state index in [4.69, 9.17) is 9.47 Å². The van der Waals surface area contributed by atoms with Gasteiger partial charge in [0.15, 0.2) is 0 Å². The number of amides is 1. The number of rotatable bonds is 5. The van der Waals surface area contributed by atoms with Crippen LogP contribution in [0.5, 0.6) is 5.75 Å². The van der Waals surface area contributed by atoms with Crippen LogP contribution >= 0.6 is 15.9 Å². The van der Waals surface area contributed by atoms with Gasteiger partial charge in [-0.25, -0.2) is 4.79 Å². The predicted octanol–water partition coefficient (Wildman–Crippen LogP) is 5.95. The van der Waals surface area contributed by atoms with E-state index < -0.39 is 5.60 Å². The summed E-state index contributed by atoms with van der Waals surface area (Å²) >= 11 is 3.54. The molecule has 1 aromatic carbocycles. The van der Waals surface area contributed by atoms with Crippen molar-refractivity contribution in [2.45, 2.75) is 65.9 Å². The lowest BCUT2D eigenvalue weighted by Crippen LogP contribution is -2.44. The Hall–Kier alpha value is -1.23. The van der Waals surface area contributed by atoms with Crippen molar-refractivity contribution in [3.05, 3.63) is 28.2 Å². The lowest BCUT2D eigenvalue weighted by molar-refractivity contribution is 0.0105. The summed E-state index contributed by atoms with van der Waals surface area (Å²) in [5.74, 6) is 0.948. The Kier molecular flexibility index (Phi) is 7.00. The van der Waals surface area contributed by atoms with E-state index >= 15 is 0 Å². The number of hydrogen-bond acceptors (Lipinski definition) is 3. The molecule has 1 saturated heterocycles. The van der Waals surface area contributed by atoms with E-state index in [1.807, 2.05) is 43.9 Å². The fourth-order valence-corrected chi connectivity index (χ4v) is 3.58. The second-order valence-electron chi connectivity index (χ2n) is 8.59. The molecular formula is C21H32BrNO3. The molecular weight excluding hydrogens is 394 g/mol. The van der Waals surface area contributed by atoms with Gasteiger partial charge in [0.1, 0.15) is 11.4 Å². The lowest BCUT2D eigenvalue weighted by atomic mass is 9.77. The quantitative estimate of drug-likeness (QED) is 0.546. The molecule has 1 amide bonds. The zero-order valence-corrected chi connectivity index (χ0v) is 18.3. The molecule has 0 saturated carbocycles. The molecule has 4 nitrogen and oxygen atoms in total. The topological polar surface area (TPSA) is 38.8 Å². The first-order valence-corrected chi connectivity index (χ1v) is 10.2. The Balaban J connectivity index is 1.74. The number of nitrogens with zero attached hydrogens (tertiary/aromatic N) is 1. The van der Waals surface area contributed by atoms with Crippen molar-refractivity contribution in [3.63, 3.8) is 0 Å². The van der Waals surface area contributed by atoms with Crippen LogP contribution in [0.25, 0.3) is 0 Å². The van der Waals surface area contributed by atoms with Crippen LogP contribution in [0.4, 0.5) is 4.79 Å². The number of halogens is 1. The Morgan fingerprint density at radius 1 is 1.27 bits per heavy atom. The van der Waals surface area contributed by atoms with Crippen molar-refractivity contribution >= 4 is 22.0 Å². The van der Waals surface area contributed by atoms with E-state index in [9.17, 15) is 4.79 Å². The van der Waals surface area contributed by atoms with Crippen LogP contribution in [-0.2, 0) is 4.74 Å². The SMILES string of the molecule is Cc1c(Br)cccc1OCCCC1(C)CCN(C(=O)OC(C)(C)C)CC1. The van der Waals surface area contributed by atoms with Gasteiger partial charge in [-0.1, -0.05) is 28.9 Å². The van der Waals surface area contributed by atoms with Crippen molar-refractivity contribution in [2.75, 3.05) is 19.7 Å². The lowest BCUT2D eigenvalue weighted by Gasteiger charge is -2.39. The smallest absolute Gasteiger partial charge is 0.410 e. The molecule has 1 aromatic rings. The largest absolute Gasteiger partial charge is 0.493 e. The second-order valence-corrected chi connectivity index (χ2v) is 9.45. The van der Waals surface area contributed by atoms with Crippen molar-refractivity contribution in [3.8, 4) is 5.75 Å². The van der Waals surface area contributed by atoms with Crippen LogP contribution in [0.1, 0.15) is 58.9 Å². The summed E-state index contributed by atoms with van der Waals surface area (Å²) in [6.45, 7) is 12.4. The third-order valence-corrected chi connectivity index (χ3v) is 5.88. The zero-order valence-electron chi connectivity index (χ0n) is 16.7. The minimum absolute atomic E-state index is 0.187. The van der Waals surface area contributed by atoms with Gasteiger partial charge < -0.3 is 14.4 Å². The molecule has 5 heteroatoms. The molecule has 0 N–H and O–H groups in total. The zero-order chi connectivity index (χ0) is 19.4. The Morgan fingerprint density at radius 2 is 1.92 bits per heavy atom. The molecule has 0 aromatic heterocycles. The van der Waals surface area contributed by atoms with E-state index in [1.54, 1.807) is 0 Å². The third-order valence-electron chi connectivity index (χ3n) is 5.02. The number of likely N-dealkylation sites (tertiary alicyclic amines) is 1. The molecule has 0 atom stereocenters. The Bertz CT molecular complexity index is 616. The number of carbonyl (C=O) groups excluding carboxylic acids is 1. The maximum atomic E-state index is 12.2. The summed E-state index contributed by atoms with van der Waals surface area (Å²) in [6, 6.07) is 6.04. The minimum atomic E-state index is -0.431. The van der Waals surface area contributed by atoms with E-state index in [2.05, 4.69) is 29.8 Å². The molecule has 2 rings (SSSR count). The van der Waals surface area contributed by atoms with Crippen LogP contribution in [0.2, 0.25) is 0 Å². The first-order chi connectivity index (χ1) is 12.1. The van der Waals surface area contributed by atoms with Crippen LogP contribution in [0, 0.1) is 12.3 Å². The average Bonchev–Trinajstić information content (AvgIpc) is 2.54. The van der Waals surface area contributed by atoms with Crippen molar-refractivity contribution < 1.29 is 14.3 Å². The average molecular weight is 426 g/mol. The molecule has 0 radical (unpaired) electrons.